The minimum absolute atomic E-state index is 0.260. The van der Waals surface area contributed by atoms with Gasteiger partial charge in [0.25, 0.3) is 0 Å². The first-order valence-electron chi connectivity index (χ1n) is 5.27. The van der Waals surface area contributed by atoms with Crippen LogP contribution in [0.5, 0.6) is 0 Å². The van der Waals surface area contributed by atoms with Gasteiger partial charge in [0, 0.05) is 19.1 Å². The van der Waals surface area contributed by atoms with Crippen molar-refractivity contribution in [3.8, 4) is 0 Å². The standard InChI is InChI=1S/C10H22N2O/c1-10(9-13)11(2)7-8-12-5-3-4-6-12/h10,13H,3-9H2,1-2H3. The van der Waals surface area contributed by atoms with Crippen LogP contribution in [0.2, 0.25) is 0 Å². The van der Waals surface area contributed by atoms with Crippen molar-refractivity contribution in [2.75, 3.05) is 39.8 Å². The number of likely N-dealkylation sites (tertiary alicyclic amines) is 1. The van der Waals surface area contributed by atoms with Crippen molar-refractivity contribution < 1.29 is 5.11 Å². The molecule has 0 saturated carbocycles. The summed E-state index contributed by atoms with van der Waals surface area (Å²) in [5, 5.41) is 8.94. The van der Waals surface area contributed by atoms with E-state index in [0.717, 1.165) is 13.1 Å². The molecule has 3 nitrogen and oxygen atoms in total. The second kappa shape index (κ2) is 5.58. The van der Waals surface area contributed by atoms with E-state index in [4.69, 9.17) is 5.11 Å². The van der Waals surface area contributed by atoms with Gasteiger partial charge in [-0.05, 0) is 39.9 Å². The SMILES string of the molecule is CC(CO)N(C)CCN1CCCC1. The first-order valence-corrected chi connectivity index (χ1v) is 5.27. The van der Waals surface area contributed by atoms with Crippen molar-refractivity contribution in [2.24, 2.45) is 0 Å². The van der Waals surface area contributed by atoms with Crippen LogP contribution in [-0.4, -0.2) is 60.8 Å². The average Bonchev–Trinajstić information content (AvgIpc) is 2.65. The Labute approximate surface area is 81.3 Å². The van der Waals surface area contributed by atoms with Gasteiger partial charge in [-0.1, -0.05) is 0 Å². The van der Waals surface area contributed by atoms with Gasteiger partial charge in [0.15, 0.2) is 0 Å². The quantitative estimate of drug-likeness (QED) is 0.673. The molecule has 0 amide bonds. The van der Waals surface area contributed by atoms with E-state index in [1.54, 1.807) is 0 Å². The second-order valence-corrected chi connectivity index (χ2v) is 4.06. The first-order chi connectivity index (χ1) is 6.24. The Bertz CT molecular complexity index is 135. The highest BCUT2D eigenvalue weighted by Crippen LogP contribution is 2.06. The molecule has 3 heteroatoms. The van der Waals surface area contributed by atoms with Crippen LogP contribution in [0.4, 0.5) is 0 Å². The molecule has 1 aliphatic heterocycles. The van der Waals surface area contributed by atoms with Crippen molar-refractivity contribution in [2.45, 2.75) is 25.8 Å². The molecule has 0 bridgehead atoms. The topological polar surface area (TPSA) is 26.7 Å². The van der Waals surface area contributed by atoms with Crippen LogP contribution in [-0.2, 0) is 0 Å². The zero-order valence-corrected chi connectivity index (χ0v) is 8.87. The molecule has 0 spiro atoms. The van der Waals surface area contributed by atoms with E-state index in [1.165, 1.54) is 25.9 Å². The lowest BCUT2D eigenvalue weighted by Crippen LogP contribution is -2.38. The van der Waals surface area contributed by atoms with Gasteiger partial charge in [0.1, 0.15) is 0 Å². The molecule has 78 valence electrons. The number of nitrogens with zero attached hydrogens (tertiary/aromatic N) is 2. The number of hydrogen-bond acceptors (Lipinski definition) is 3. The monoisotopic (exact) mass is 186 g/mol. The molecule has 1 N–H and O–H groups in total. The summed E-state index contributed by atoms with van der Waals surface area (Å²) in [6.45, 7) is 7.08. The van der Waals surface area contributed by atoms with E-state index in [-0.39, 0.29) is 6.61 Å². The summed E-state index contributed by atoms with van der Waals surface area (Å²) in [6.07, 6.45) is 2.72. The number of aliphatic hydroxyl groups excluding tert-OH is 1. The zero-order valence-electron chi connectivity index (χ0n) is 8.87. The molecule has 1 aliphatic rings. The second-order valence-electron chi connectivity index (χ2n) is 4.06. The van der Waals surface area contributed by atoms with Gasteiger partial charge in [0.2, 0.25) is 0 Å². The molecule has 1 unspecified atom stereocenters. The lowest BCUT2D eigenvalue weighted by molar-refractivity contribution is 0.146. The molecule has 1 saturated heterocycles. The van der Waals surface area contributed by atoms with Crippen molar-refractivity contribution >= 4 is 0 Å². The molecule has 0 radical (unpaired) electrons. The Kier molecular flexibility index (Phi) is 4.70. The minimum atomic E-state index is 0.260. The first kappa shape index (κ1) is 11.0. The van der Waals surface area contributed by atoms with Crippen LogP contribution in [0, 0.1) is 0 Å². The third kappa shape index (κ3) is 3.63. The summed E-state index contributed by atoms with van der Waals surface area (Å²) in [4.78, 5) is 4.72. The fraction of sp³-hybridized carbons (Fsp3) is 1.00. The largest absolute Gasteiger partial charge is 0.395 e. The summed E-state index contributed by atoms with van der Waals surface area (Å²) < 4.78 is 0. The van der Waals surface area contributed by atoms with Crippen molar-refractivity contribution in [3.63, 3.8) is 0 Å². The summed E-state index contributed by atoms with van der Waals surface area (Å²) >= 11 is 0. The normalized spacial score (nSPS) is 21.2. The zero-order chi connectivity index (χ0) is 9.68. The Morgan fingerprint density at radius 3 is 2.54 bits per heavy atom. The van der Waals surface area contributed by atoms with Gasteiger partial charge in [0.05, 0.1) is 6.61 Å². The van der Waals surface area contributed by atoms with Crippen LogP contribution < -0.4 is 0 Å². The summed E-state index contributed by atoms with van der Waals surface area (Å²) in [7, 11) is 2.08. The third-order valence-corrected chi connectivity index (χ3v) is 2.98. The molecular weight excluding hydrogens is 164 g/mol. The Balaban J connectivity index is 2.10. The summed E-state index contributed by atoms with van der Waals surface area (Å²) in [5.41, 5.74) is 0. The predicted octanol–water partition coefficient (Wildman–Crippen LogP) is 0.395. The molecule has 0 aliphatic carbocycles. The number of likely N-dealkylation sites (N-methyl/N-ethyl adjacent to an activating group) is 1. The molecule has 1 heterocycles. The Morgan fingerprint density at radius 1 is 1.38 bits per heavy atom. The van der Waals surface area contributed by atoms with Gasteiger partial charge in [-0.25, -0.2) is 0 Å². The molecule has 0 aromatic rings. The lowest BCUT2D eigenvalue weighted by atomic mass is 10.3. The van der Waals surface area contributed by atoms with E-state index in [0.29, 0.717) is 6.04 Å². The predicted molar refractivity (Wildman–Crippen MR) is 54.9 cm³/mol. The highest BCUT2D eigenvalue weighted by atomic mass is 16.3. The van der Waals surface area contributed by atoms with Crippen molar-refractivity contribution in [3.05, 3.63) is 0 Å². The van der Waals surface area contributed by atoms with E-state index in [1.807, 2.05) is 0 Å². The highest BCUT2D eigenvalue weighted by Gasteiger charge is 2.13. The van der Waals surface area contributed by atoms with Gasteiger partial charge in [-0.2, -0.15) is 0 Å². The summed E-state index contributed by atoms with van der Waals surface area (Å²) in [5.74, 6) is 0. The third-order valence-electron chi connectivity index (χ3n) is 2.98. The molecule has 1 atom stereocenters. The van der Waals surface area contributed by atoms with Crippen LogP contribution in [0.25, 0.3) is 0 Å². The fourth-order valence-corrected chi connectivity index (χ4v) is 1.67. The van der Waals surface area contributed by atoms with Crippen LogP contribution in [0.3, 0.4) is 0 Å². The Morgan fingerprint density at radius 2 is 2.00 bits per heavy atom. The van der Waals surface area contributed by atoms with Crippen LogP contribution >= 0.6 is 0 Å². The number of rotatable bonds is 5. The maximum absolute atomic E-state index is 8.94. The number of aliphatic hydroxyl groups is 1. The average molecular weight is 186 g/mol. The molecule has 1 fully saturated rings. The fourth-order valence-electron chi connectivity index (χ4n) is 1.67. The van der Waals surface area contributed by atoms with Crippen molar-refractivity contribution in [1.82, 2.24) is 9.80 Å². The highest BCUT2D eigenvalue weighted by molar-refractivity contribution is 4.69. The van der Waals surface area contributed by atoms with Crippen molar-refractivity contribution in [1.29, 1.82) is 0 Å². The Hall–Kier alpha value is -0.120. The molecular formula is C10H22N2O. The van der Waals surface area contributed by atoms with E-state index in [2.05, 4.69) is 23.8 Å². The minimum Gasteiger partial charge on any atom is -0.395 e. The maximum Gasteiger partial charge on any atom is 0.0584 e. The van der Waals surface area contributed by atoms with Crippen LogP contribution in [0.15, 0.2) is 0 Å². The number of hydrogen-bond donors (Lipinski definition) is 1. The smallest absolute Gasteiger partial charge is 0.0584 e. The maximum atomic E-state index is 8.94. The summed E-state index contributed by atoms with van der Waals surface area (Å²) in [6, 6.07) is 0.294. The van der Waals surface area contributed by atoms with Gasteiger partial charge in [-0.15, -0.1) is 0 Å². The van der Waals surface area contributed by atoms with Gasteiger partial charge < -0.3 is 14.9 Å². The van der Waals surface area contributed by atoms with E-state index >= 15 is 0 Å². The molecule has 0 aromatic heterocycles. The van der Waals surface area contributed by atoms with E-state index in [9.17, 15) is 0 Å². The molecule has 13 heavy (non-hydrogen) atoms. The van der Waals surface area contributed by atoms with Crippen LogP contribution in [0.1, 0.15) is 19.8 Å². The lowest BCUT2D eigenvalue weighted by Gasteiger charge is -2.25. The van der Waals surface area contributed by atoms with Gasteiger partial charge >= 0.3 is 0 Å². The molecule has 1 rings (SSSR count). The molecule has 0 aromatic carbocycles. The van der Waals surface area contributed by atoms with E-state index < -0.39 is 0 Å². The van der Waals surface area contributed by atoms with Gasteiger partial charge in [-0.3, -0.25) is 0 Å².